The Morgan fingerprint density at radius 2 is 1.41 bits per heavy atom. The summed E-state index contributed by atoms with van der Waals surface area (Å²) in [5.41, 5.74) is 2.70. The fourth-order valence-electron chi connectivity index (χ4n) is 3.35. The summed E-state index contributed by atoms with van der Waals surface area (Å²) < 4.78 is 5.86. The van der Waals surface area contributed by atoms with Gasteiger partial charge < -0.3 is 4.74 Å². The number of nitriles is 1. The van der Waals surface area contributed by atoms with Crippen molar-refractivity contribution in [2.24, 2.45) is 0 Å². The van der Waals surface area contributed by atoms with Crippen LogP contribution in [0.1, 0.15) is 76.7 Å². The molecule has 2 aromatic rings. The molecule has 0 saturated carbocycles. The second kappa shape index (κ2) is 13.0. The van der Waals surface area contributed by atoms with Gasteiger partial charge in [-0.3, -0.25) is 0 Å². The third-order valence-corrected chi connectivity index (χ3v) is 4.96. The minimum absolute atomic E-state index is 0.668. The zero-order valence-electron chi connectivity index (χ0n) is 16.8. The van der Waals surface area contributed by atoms with Crippen LogP contribution in [-0.4, -0.2) is 6.61 Å². The monoisotopic (exact) mass is 363 g/mol. The number of nitrogens with zero attached hydrogens (tertiary/aromatic N) is 1. The lowest BCUT2D eigenvalue weighted by molar-refractivity contribution is 0.304. The molecule has 0 amide bonds. The first-order valence-electron chi connectivity index (χ1n) is 10.6. The Balaban J connectivity index is 1.65. The maximum atomic E-state index is 9.46. The normalized spacial score (nSPS) is 10.5. The largest absolute Gasteiger partial charge is 0.494 e. The molecule has 0 aliphatic heterocycles. The van der Waals surface area contributed by atoms with Crippen molar-refractivity contribution in [1.29, 1.82) is 5.26 Å². The summed E-state index contributed by atoms with van der Waals surface area (Å²) in [5, 5.41) is 9.46. The fourth-order valence-corrected chi connectivity index (χ4v) is 3.35. The summed E-state index contributed by atoms with van der Waals surface area (Å²) >= 11 is 0. The number of hydrogen-bond acceptors (Lipinski definition) is 2. The third kappa shape index (κ3) is 7.87. The van der Waals surface area contributed by atoms with E-state index in [9.17, 15) is 5.26 Å². The van der Waals surface area contributed by atoms with Crippen molar-refractivity contribution >= 4 is 0 Å². The molecule has 0 radical (unpaired) electrons. The van der Waals surface area contributed by atoms with Gasteiger partial charge in [-0.2, -0.15) is 5.26 Å². The predicted molar refractivity (Wildman–Crippen MR) is 114 cm³/mol. The molecule has 0 bridgehead atoms. The molecule has 27 heavy (non-hydrogen) atoms. The molecule has 2 nitrogen and oxygen atoms in total. The van der Waals surface area contributed by atoms with Gasteiger partial charge in [-0.15, -0.1) is 0 Å². The molecule has 0 fully saturated rings. The summed E-state index contributed by atoms with van der Waals surface area (Å²) in [5.74, 6) is 0.794. The van der Waals surface area contributed by atoms with Crippen LogP contribution in [0.3, 0.4) is 0 Å². The van der Waals surface area contributed by atoms with Crippen molar-refractivity contribution in [3.05, 3.63) is 54.1 Å². The Morgan fingerprint density at radius 1 is 0.778 bits per heavy atom. The Morgan fingerprint density at radius 3 is 2.04 bits per heavy atom. The summed E-state index contributed by atoms with van der Waals surface area (Å²) in [6.45, 7) is 2.99. The Labute approximate surface area is 165 Å². The van der Waals surface area contributed by atoms with Crippen molar-refractivity contribution in [2.45, 2.75) is 71.1 Å². The van der Waals surface area contributed by atoms with Crippen LogP contribution in [-0.2, 0) is 0 Å². The molecule has 0 saturated heterocycles. The van der Waals surface area contributed by atoms with Crippen molar-refractivity contribution < 1.29 is 4.74 Å². The van der Waals surface area contributed by atoms with E-state index in [1.165, 1.54) is 57.8 Å². The lowest BCUT2D eigenvalue weighted by Crippen LogP contribution is -1.98. The van der Waals surface area contributed by atoms with Crippen LogP contribution >= 0.6 is 0 Å². The highest BCUT2D eigenvalue weighted by Crippen LogP contribution is 2.27. The molecule has 0 N–H and O–H groups in total. The number of benzene rings is 2. The van der Waals surface area contributed by atoms with Crippen molar-refractivity contribution in [3.63, 3.8) is 0 Å². The average molecular weight is 364 g/mol. The van der Waals surface area contributed by atoms with E-state index in [0.717, 1.165) is 29.9 Å². The first-order valence-corrected chi connectivity index (χ1v) is 10.6. The van der Waals surface area contributed by atoms with E-state index in [2.05, 4.69) is 13.0 Å². The molecule has 0 aliphatic carbocycles. The summed E-state index contributed by atoms with van der Waals surface area (Å²) in [6, 6.07) is 18.1. The van der Waals surface area contributed by atoms with Gasteiger partial charge in [0.25, 0.3) is 0 Å². The van der Waals surface area contributed by atoms with Gasteiger partial charge in [-0.1, -0.05) is 95.0 Å². The molecule has 0 spiro atoms. The van der Waals surface area contributed by atoms with Gasteiger partial charge in [0, 0.05) is 0 Å². The lowest BCUT2D eigenvalue weighted by Gasteiger charge is -2.09. The Kier molecular flexibility index (Phi) is 10.1. The van der Waals surface area contributed by atoms with Crippen LogP contribution in [0.2, 0.25) is 0 Å². The van der Waals surface area contributed by atoms with Gasteiger partial charge in [0.15, 0.2) is 0 Å². The van der Waals surface area contributed by atoms with Crippen LogP contribution in [0.5, 0.6) is 5.75 Å². The van der Waals surface area contributed by atoms with Gasteiger partial charge in [0.2, 0.25) is 0 Å². The quantitative estimate of drug-likeness (QED) is 0.345. The first kappa shape index (κ1) is 21.0. The highest BCUT2D eigenvalue weighted by atomic mass is 16.5. The molecule has 0 aliphatic rings. The van der Waals surface area contributed by atoms with E-state index in [0.29, 0.717) is 5.56 Å². The smallest absolute Gasteiger partial charge is 0.120 e. The SMILES string of the molecule is CCCCCCCCCCCCOc1ccc(-c2ccccc2)c(C#N)c1. The van der Waals surface area contributed by atoms with Crippen molar-refractivity contribution in [1.82, 2.24) is 0 Å². The minimum Gasteiger partial charge on any atom is -0.494 e. The van der Waals surface area contributed by atoms with Gasteiger partial charge in [-0.25, -0.2) is 0 Å². The molecule has 0 atom stereocenters. The molecule has 2 rings (SSSR count). The van der Waals surface area contributed by atoms with Crippen LogP contribution in [0.15, 0.2) is 48.5 Å². The van der Waals surface area contributed by atoms with E-state index in [-0.39, 0.29) is 0 Å². The topological polar surface area (TPSA) is 33.0 Å². The third-order valence-electron chi connectivity index (χ3n) is 4.96. The van der Waals surface area contributed by atoms with Crippen molar-refractivity contribution in [2.75, 3.05) is 6.61 Å². The molecule has 144 valence electrons. The number of ether oxygens (including phenoxy) is 1. The molecular weight excluding hydrogens is 330 g/mol. The second-order valence-corrected chi connectivity index (χ2v) is 7.22. The molecule has 2 aromatic carbocycles. The zero-order valence-corrected chi connectivity index (χ0v) is 16.8. The van der Waals surface area contributed by atoms with Crippen LogP contribution in [0.4, 0.5) is 0 Å². The number of hydrogen-bond donors (Lipinski definition) is 0. The fraction of sp³-hybridized carbons (Fsp3) is 0.480. The molecule has 0 heterocycles. The van der Waals surface area contributed by atoms with Crippen LogP contribution < -0.4 is 4.74 Å². The van der Waals surface area contributed by atoms with Crippen LogP contribution in [0, 0.1) is 11.3 Å². The van der Waals surface area contributed by atoms with Gasteiger partial charge >= 0.3 is 0 Å². The van der Waals surface area contributed by atoms with Crippen molar-refractivity contribution in [3.8, 4) is 22.9 Å². The Bertz CT molecular complexity index is 687. The first-order chi connectivity index (χ1) is 13.3. The van der Waals surface area contributed by atoms with E-state index < -0.39 is 0 Å². The summed E-state index contributed by atoms with van der Waals surface area (Å²) in [6.07, 6.45) is 13.2. The second-order valence-electron chi connectivity index (χ2n) is 7.22. The highest BCUT2D eigenvalue weighted by molar-refractivity contribution is 5.71. The summed E-state index contributed by atoms with van der Waals surface area (Å²) in [4.78, 5) is 0. The molecular formula is C25H33NO. The standard InChI is InChI=1S/C25H33NO/c1-2-3-4-5-6-7-8-9-10-14-19-27-24-17-18-25(23(20-24)21-26)22-15-12-11-13-16-22/h11-13,15-18,20H,2-10,14,19H2,1H3. The number of rotatable bonds is 13. The maximum Gasteiger partial charge on any atom is 0.120 e. The van der Waals surface area contributed by atoms with Crippen LogP contribution in [0.25, 0.3) is 11.1 Å². The van der Waals surface area contributed by atoms with E-state index in [1.807, 2.05) is 48.5 Å². The van der Waals surface area contributed by atoms with Gasteiger partial charge in [0.05, 0.1) is 18.2 Å². The maximum absolute atomic E-state index is 9.46. The minimum atomic E-state index is 0.668. The summed E-state index contributed by atoms with van der Waals surface area (Å²) in [7, 11) is 0. The predicted octanol–water partition coefficient (Wildman–Crippen LogP) is 7.52. The van der Waals surface area contributed by atoms with Gasteiger partial charge in [-0.05, 0) is 35.7 Å². The van der Waals surface area contributed by atoms with E-state index in [4.69, 9.17) is 4.74 Å². The van der Waals surface area contributed by atoms with Gasteiger partial charge in [0.1, 0.15) is 5.75 Å². The lowest BCUT2D eigenvalue weighted by atomic mass is 10.0. The number of unbranched alkanes of at least 4 members (excludes halogenated alkanes) is 9. The van der Waals surface area contributed by atoms with E-state index in [1.54, 1.807) is 0 Å². The Hall–Kier alpha value is -2.27. The van der Waals surface area contributed by atoms with E-state index >= 15 is 0 Å². The molecule has 0 unspecified atom stereocenters. The highest BCUT2D eigenvalue weighted by Gasteiger charge is 2.06. The molecule has 0 aromatic heterocycles. The average Bonchev–Trinajstić information content (AvgIpc) is 2.72. The zero-order chi connectivity index (χ0) is 19.2. The molecule has 2 heteroatoms.